The first-order chi connectivity index (χ1) is 9.57. The van der Waals surface area contributed by atoms with Crippen molar-refractivity contribution < 1.29 is 18.0 Å². The van der Waals surface area contributed by atoms with Gasteiger partial charge in [-0.25, -0.2) is 12.7 Å². The number of sulfonamides is 1. The first kappa shape index (κ1) is 17.4. The van der Waals surface area contributed by atoms with E-state index in [4.69, 9.17) is 17.3 Å². The smallest absolute Gasteiger partial charge is 0.251 e. The summed E-state index contributed by atoms with van der Waals surface area (Å²) in [7, 11) is -1.07. The van der Waals surface area contributed by atoms with Gasteiger partial charge in [0, 0.05) is 19.7 Å². The highest BCUT2D eigenvalue weighted by atomic mass is 35.5. The molecule has 7 nitrogen and oxygen atoms in total. The standard InChI is InChI=1S/C12H16ClN3O4S/c1-7(11(14)17)15-12(18)8-4-5-9(13)10(6-8)21(19,20)16(2)3/h4-7H,1-3H3,(H2,14,17)(H,15,18)/t7-/m0/s1. The van der Waals surface area contributed by atoms with Crippen molar-refractivity contribution in [3.05, 3.63) is 28.8 Å². The lowest BCUT2D eigenvalue weighted by atomic mass is 10.2. The number of amides is 2. The van der Waals surface area contributed by atoms with Crippen LogP contribution in [0.5, 0.6) is 0 Å². The van der Waals surface area contributed by atoms with E-state index in [0.717, 1.165) is 10.4 Å². The third-order valence-corrected chi connectivity index (χ3v) is 5.02. The second kappa shape index (κ2) is 6.42. The second-order valence-corrected chi connectivity index (χ2v) is 7.06. The van der Waals surface area contributed by atoms with Crippen molar-refractivity contribution in [2.24, 2.45) is 5.73 Å². The maximum Gasteiger partial charge on any atom is 0.251 e. The number of halogens is 1. The van der Waals surface area contributed by atoms with Crippen LogP contribution < -0.4 is 11.1 Å². The predicted octanol–water partition coefficient (Wildman–Crippen LogP) is 0.194. The fourth-order valence-electron chi connectivity index (χ4n) is 1.39. The monoisotopic (exact) mass is 333 g/mol. The molecule has 9 heteroatoms. The number of hydrogen-bond donors (Lipinski definition) is 2. The molecule has 1 rings (SSSR count). The van der Waals surface area contributed by atoms with Crippen LogP contribution in [-0.2, 0) is 14.8 Å². The highest BCUT2D eigenvalue weighted by Gasteiger charge is 2.23. The third kappa shape index (κ3) is 3.93. The zero-order chi connectivity index (χ0) is 16.4. The average molecular weight is 334 g/mol. The molecule has 0 unspecified atom stereocenters. The molecule has 1 aromatic carbocycles. The lowest BCUT2D eigenvalue weighted by Crippen LogP contribution is -2.42. The Morgan fingerprint density at radius 1 is 1.33 bits per heavy atom. The molecular weight excluding hydrogens is 318 g/mol. The van der Waals surface area contributed by atoms with Gasteiger partial charge in [0.2, 0.25) is 15.9 Å². The highest BCUT2D eigenvalue weighted by molar-refractivity contribution is 7.89. The Labute approximate surface area is 128 Å². The molecule has 0 aliphatic heterocycles. The Kier molecular flexibility index (Phi) is 5.32. The summed E-state index contributed by atoms with van der Waals surface area (Å²) in [6, 6.07) is 2.95. The van der Waals surface area contributed by atoms with Crippen LogP contribution in [-0.4, -0.2) is 44.7 Å². The van der Waals surface area contributed by atoms with Crippen molar-refractivity contribution in [3.8, 4) is 0 Å². The first-order valence-electron chi connectivity index (χ1n) is 5.89. The molecule has 0 spiro atoms. The molecule has 0 bridgehead atoms. The zero-order valence-electron chi connectivity index (χ0n) is 11.8. The summed E-state index contributed by atoms with van der Waals surface area (Å²) in [5.41, 5.74) is 5.11. The van der Waals surface area contributed by atoms with E-state index in [1.807, 2.05) is 0 Å². The first-order valence-corrected chi connectivity index (χ1v) is 7.71. The summed E-state index contributed by atoms with van der Waals surface area (Å²) in [6.07, 6.45) is 0. The van der Waals surface area contributed by atoms with E-state index in [9.17, 15) is 18.0 Å². The number of benzene rings is 1. The molecule has 0 heterocycles. The minimum absolute atomic E-state index is 0.00296. The van der Waals surface area contributed by atoms with Gasteiger partial charge in [0.25, 0.3) is 5.91 Å². The number of carbonyl (C=O) groups excluding carboxylic acids is 2. The molecule has 1 atom stereocenters. The topological polar surface area (TPSA) is 110 Å². The van der Waals surface area contributed by atoms with Crippen molar-refractivity contribution in [1.29, 1.82) is 0 Å². The van der Waals surface area contributed by atoms with E-state index in [1.165, 1.54) is 33.2 Å². The van der Waals surface area contributed by atoms with Gasteiger partial charge in [-0.2, -0.15) is 0 Å². The Bertz CT molecular complexity index is 673. The molecule has 0 aliphatic rings. The minimum Gasteiger partial charge on any atom is -0.368 e. The van der Waals surface area contributed by atoms with E-state index in [1.54, 1.807) is 0 Å². The van der Waals surface area contributed by atoms with Gasteiger partial charge in [0.1, 0.15) is 10.9 Å². The molecular formula is C12H16ClN3O4S. The zero-order valence-corrected chi connectivity index (χ0v) is 13.3. The minimum atomic E-state index is -3.78. The molecule has 0 aliphatic carbocycles. The van der Waals surface area contributed by atoms with Gasteiger partial charge in [-0.15, -0.1) is 0 Å². The summed E-state index contributed by atoms with van der Waals surface area (Å²) in [6.45, 7) is 1.42. The van der Waals surface area contributed by atoms with E-state index in [-0.39, 0.29) is 15.5 Å². The molecule has 1 aromatic rings. The van der Waals surface area contributed by atoms with Gasteiger partial charge in [-0.3, -0.25) is 9.59 Å². The van der Waals surface area contributed by atoms with Crippen LogP contribution in [0.1, 0.15) is 17.3 Å². The molecule has 3 N–H and O–H groups in total. The third-order valence-electron chi connectivity index (χ3n) is 2.73. The average Bonchev–Trinajstić information content (AvgIpc) is 2.38. The SMILES string of the molecule is C[C@H](NC(=O)c1ccc(Cl)c(S(=O)(=O)N(C)C)c1)C(N)=O. The number of carbonyl (C=O) groups is 2. The van der Waals surface area contributed by atoms with Crippen molar-refractivity contribution >= 4 is 33.4 Å². The number of hydrogen-bond acceptors (Lipinski definition) is 4. The summed E-state index contributed by atoms with van der Waals surface area (Å²) < 4.78 is 25.2. The number of nitrogens with one attached hydrogen (secondary N) is 1. The number of rotatable bonds is 5. The summed E-state index contributed by atoms with van der Waals surface area (Å²) in [5.74, 6) is -1.31. The summed E-state index contributed by atoms with van der Waals surface area (Å²) in [5, 5.41) is 2.36. The lowest BCUT2D eigenvalue weighted by Gasteiger charge is -2.14. The Morgan fingerprint density at radius 2 is 1.90 bits per heavy atom. The second-order valence-electron chi connectivity index (χ2n) is 4.53. The van der Waals surface area contributed by atoms with E-state index in [2.05, 4.69) is 5.32 Å². The highest BCUT2D eigenvalue weighted by Crippen LogP contribution is 2.24. The maximum atomic E-state index is 12.1. The van der Waals surface area contributed by atoms with Crippen LogP contribution in [0.2, 0.25) is 5.02 Å². The van der Waals surface area contributed by atoms with Crippen LogP contribution in [0.25, 0.3) is 0 Å². The lowest BCUT2D eigenvalue weighted by molar-refractivity contribution is -0.119. The number of nitrogens with two attached hydrogens (primary N) is 1. The maximum absolute atomic E-state index is 12.1. The fraction of sp³-hybridized carbons (Fsp3) is 0.333. The van der Waals surface area contributed by atoms with Gasteiger partial charge in [0.15, 0.2) is 0 Å². The Hall–Kier alpha value is -1.64. The summed E-state index contributed by atoms with van der Waals surface area (Å²) >= 11 is 5.87. The molecule has 0 saturated carbocycles. The van der Waals surface area contributed by atoms with Crippen LogP contribution in [0.4, 0.5) is 0 Å². The van der Waals surface area contributed by atoms with Crippen LogP contribution in [0.3, 0.4) is 0 Å². The van der Waals surface area contributed by atoms with E-state index < -0.39 is 27.9 Å². The van der Waals surface area contributed by atoms with Crippen LogP contribution in [0, 0.1) is 0 Å². The Morgan fingerprint density at radius 3 is 2.38 bits per heavy atom. The van der Waals surface area contributed by atoms with Crippen LogP contribution >= 0.6 is 11.6 Å². The van der Waals surface area contributed by atoms with Crippen molar-refractivity contribution in [2.75, 3.05) is 14.1 Å². The van der Waals surface area contributed by atoms with Gasteiger partial charge in [0.05, 0.1) is 5.02 Å². The van der Waals surface area contributed by atoms with E-state index >= 15 is 0 Å². The molecule has 2 amide bonds. The van der Waals surface area contributed by atoms with Crippen molar-refractivity contribution in [2.45, 2.75) is 17.9 Å². The molecule has 0 aromatic heterocycles. The van der Waals surface area contributed by atoms with Gasteiger partial charge in [-0.1, -0.05) is 11.6 Å². The van der Waals surface area contributed by atoms with E-state index in [0.29, 0.717) is 0 Å². The number of nitrogens with zero attached hydrogens (tertiary/aromatic N) is 1. The Balaban J connectivity index is 3.19. The molecule has 116 valence electrons. The molecule has 0 saturated heterocycles. The number of primary amides is 1. The van der Waals surface area contributed by atoms with Gasteiger partial charge < -0.3 is 11.1 Å². The summed E-state index contributed by atoms with van der Waals surface area (Å²) in [4.78, 5) is 22.7. The van der Waals surface area contributed by atoms with Gasteiger partial charge >= 0.3 is 0 Å². The van der Waals surface area contributed by atoms with Crippen molar-refractivity contribution in [3.63, 3.8) is 0 Å². The predicted molar refractivity (Wildman–Crippen MR) is 78.4 cm³/mol. The van der Waals surface area contributed by atoms with Crippen molar-refractivity contribution in [1.82, 2.24) is 9.62 Å². The molecule has 21 heavy (non-hydrogen) atoms. The molecule has 0 fully saturated rings. The van der Waals surface area contributed by atoms with Crippen LogP contribution in [0.15, 0.2) is 23.1 Å². The molecule has 0 radical (unpaired) electrons. The normalized spacial score (nSPS) is 13.0. The fourth-order valence-corrected chi connectivity index (χ4v) is 2.78. The van der Waals surface area contributed by atoms with Gasteiger partial charge in [-0.05, 0) is 25.1 Å². The quantitative estimate of drug-likeness (QED) is 0.801. The largest absolute Gasteiger partial charge is 0.368 e.